The van der Waals surface area contributed by atoms with E-state index < -0.39 is 6.03 Å². The van der Waals surface area contributed by atoms with Gasteiger partial charge < -0.3 is 9.47 Å². The van der Waals surface area contributed by atoms with Crippen molar-refractivity contribution in [1.82, 2.24) is 15.2 Å². The number of hydrazine groups is 2. The van der Waals surface area contributed by atoms with Crippen molar-refractivity contribution < 1.29 is 14.3 Å². The summed E-state index contributed by atoms with van der Waals surface area (Å²) in [6.45, 7) is 4.12. The van der Waals surface area contributed by atoms with E-state index in [1.54, 1.807) is 31.5 Å². The summed E-state index contributed by atoms with van der Waals surface area (Å²) in [6.07, 6.45) is 1.79. The standard InChI is InChI=1S/C21H26N6O3/c1-13-10-15(20-14(2)11-24-25-20)8-9-18(13)30-12-16-17(6-5-7-19(16)29-4)27(23)21(28)26(3)22/h5-11H,12,22-23H2,1-4H3,(H,24,25). The van der Waals surface area contributed by atoms with E-state index in [1.165, 1.54) is 7.05 Å². The summed E-state index contributed by atoms with van der Waals surface area (Å²) in [5.41, 5.74) is 5.10. The van der Waals surface area contributed by atoms with Crippen molar-refractivity contribution in [2.24, 2.45) is 11.7 Å². The van der Waals surface area contributed by atoms with Crippen molar-refractivity contribution in [2.75, 3.05) is 19.2 Å². The Hall–Kier alpha value is -3.56. The van der Waals surface area contributed by atoms with E-state index in [1.807, 2.05) is 32.0 Å². The first-order valence-electron chi connectivity index (χ1n) is 9.30. The Morgan fingerprint density at radius 2 is 1.90 bits per heavy atom. The van der Waals surface area contributed by atoms with E-state index in [0.717, 1.165) is 32.4 Å². The predicted molar refractivity (Wildman–Crippen MR) is 115 cm³/mol. The first-order chi connectivity index (χ1) is 14.3. The second-order valence-corrected chi connectivity index (χ2v) is 6.92. The lowest BCUT2D eigenvalue weighted by molar-refractivity contribution is 0.216. The molecule has 5 N–H and O–H groups in total. The van der Waals surface area contributed by atoms with Crippen LogP contribution in [-0.2, 0) is 6.61 Å². The van der Waals surface area contributed by atoms with Crippen LogP contribution in [0.5, 0.6) is 11.5 Å². The topological polar surface area (TPSA) is 123 Å². The molecular weight excluding hydrogens is 384 g/mol. The fourth-order valence-electron chi connectivity index (χ4n) is 3.14. The molecule has 0 bridgehead atoms. The van der Waals surface area contributed by atoms with Crippen molar-refractivity contribution in [1.29, 1.82) is 0 Å². The number of aromatic amines is 1. The number of carbonyl (C=O) groups is 1. The molecule has 9 heteroatoms. The van der Waals surface area contributed by atoms with Gasteiger partial charge in [-0.2, -0.15) is 5.10 Å². The molecular formula is C21H26N6O3. The number of methoxy groups -OCH3 is 1. The Bertz CT molecular complexity index is 1050. The van der Waals surface area contributed by atoms with Crippen LogP contribution in [0.2, 0.25) is 0 Å². The number of carbonyl (C=O) groups excluding carboxylic acids is 1. The Kier molecular flexibility index (Phi) is 6.24. The van der Waals surface area contributed by atoms with Crippen molar-refractivity contribution in [3.8, 4) is 22.8 Å². The van der Waals surface area contributed by atoms with Crippen molar-refractivity contribution in [3.63, 3.8) is 0 Å². The van der Waals surface area contributed by atoms with E-state index >= 15 is 0 Å². The average molecular weight is 410 g/mol. The molecule has 0 saturated carbocycles. The van der Waals surface area contributed by atoms with Gasteiger partial charge in [-0.1, -0.05) is 6.07 Å². The van der Waals surface area contributed by atoms with Gasteiger partial charge in [0.05, 0.1) is 30.3 Å². The quantitative estimate of drug-likeness (QED) is 0.326. The zero-order chi connectivity index (χ0) is 21.8. The summed E-state index contributed by atoms with van der Waals surface area (Å²) in [6, 6.07) is 10.6. The Labute approximate surface area is 175 Å². The summed E-state index contributed by atoms with van der Waals surface area (Å²) in [5.74, 6) is 12.8. The molecule has 0 fully saturated rings. The van der Waals surface area contributed by atoms with Gasteiger partial charge in [0.15, 0.2) is 0 Å². The normalized spacial score (nSPS) is 10.6. The number of aryl methyl sites for hydroxylation is 2. The number of amides is 2. The maximum atomic E-state index is 12.2. The van der Waals surface area contributed by atoms with Crippen molar-refractivity contribution in [2.45, 2.75) is 20.5 Å². The van der Waals surface area contributed by atoms with E-state index in [0.29, 0.717) is 22.7 Å². The number of urea groups is 1. The number of benzene rings is 2. The van der Waals surface area contributed by atoms with Gasteiger partial charge in [-0.25, -0.2) is 21.5 Å². The second kappa shape index (κ2) is 8.85. The highest BCUT2D eigenvalue weighted by Crippen LogP contribution is 2.32. The average Bonchev–Trinajstić information content (AvgIpc) is 3.17. The number of ether oxygens (including phenoxy) is 2. The summed E-state index contributed by atoms with van der Waals surface area (Å²) < 4.78 is 11.5. The third kappa shape index (κ3) is 4.22. The summed E-state index contributed by atoms with van der Waals surface area (Å²) in [7, 11) is 2.97. The number of hydrogen-bond acceptors (Lipinski definition) is 6. The minimum Gasteiger partial charge on any atom is -0.496 e. The molecule has 2 aromatic carbocycles. The SMILES string of the molecule is COc1cccc(N(N)C(=O)N(C)N)c1COc1ccc(-c2[nH]ncc2C)cc1C. The number of hydrogen-bond donors (Lipinski definition) is 3. The fraction of sp³-hybridized carbons (Fsp3) is 0.238. The van der Waals surface area contributed by atoms with Gasteiger partial charge in [0.25, 0.3) is 0 Å². The molecule has 0 aliphatic carbocycles. The van der Waals surface area contributed by atoms with Gasteiger partial charge in [-0.3, -0.25) is 10.1 Å². The molecule has 1 heterocycles. The first-order valence-corrected chi connectivity index (χ1v) is 9.30. The Balaban J connectivity index is 1.87. The molecule has 0 saturated heterocycles. The molecule has 9 nitrogen and oxygen atoms in total. The van der Waals surface area contributed by atoms with Crippen LogP contribution >= 0.6 is 0 Å². The minimum atomic E-state index is -0.569. The molecule has 0 aliphatic rings. The molecule has 0 radical (unpaired) electrons. The van der Waals surface area contributed by atoms with E-state index in [2.05, 4.69) is 10.2 Å². The van der Waals surface area contributed by atoms with Gasteiger partial charge >= 0.3 is 6.03 Å². The minimum absolute atomic E-state index is 0.151. The number of anilines is 1. The fourth-order valence-corrected chi connectivity index (χ4v) is 3.14. The molecule has 0 atom stereocenters. The Morgan fingerprint density at radius 3 is 2.50 bits per heavy atom. The number of nitrogens with two attached hydrogens (primary N) is 2. The van der Waals surface area contributed by atoms with Crippen LogP contribution in [-0.4, -0.2) is 35.4 Å². The zero-order valence-electron chi connectivity index (χ0n) is 17.5. The number of H-pyrrole nitrogens is 1. The first kappa shape index (κ1) is 21.2. The molecule has 0 aliphatic heterocycles. The van der Waals surface area contributed by atoms with Crippen LogP contribution in [0.15, 0.2) is 42.6 Å². The molecule has 30 heavy (non-hydrogen) atoms. The summed E-state index contributed by atoms with van der Waals surface area (Å²) in [5, 5.41) is 8.96. The number of nitrogens with one attached hydrogen (secondary N) is 1. The summed E-state index contributed by atoms with van der Waals surface area (Å²) in [4.78, 5) is 12.2. The lowest BCUT2D eigenvalue weighted by atomic mass is 10.1. The van der Waals surface area contributed by atoms with Gasteiger partial charge in [0, 0.05) is 12.6 Å². The van der Waals surface area contributed by atoms with Crippen LogP contribution in [0, 0.1) is 13.8 Å². The number of rotatable bonds is 6. The van der Waals surface area contributed by atoms with Crippen LogP contribution in [0.4, 0.5) is 10.5 Å². The zero-order valence-corrected chi connectivity index (χ0v) is 17.5. The Morgan fingerprint density at radius 1 is 1.13 bits per heavy atom. The molecule has 1 aromatic heterocycles. The maximum absolute atomic E-state index is 12.2. The molecule has 0 unspecified atom stereocenters. The number of nitrogens with zero attached hydrogens (tertiary/aromatic N) is 3. The third-order valence-corrected chi connectivity index (χ3v) is 4.76. The summed E-state index contributed by atoms with van der Waals surface area (Å²) >= 11 is 0. The molecule has 3 aromatic rings. The second-order valence-electron chi connectivity index (χ2n) is 6.92. The van der Waals surface area contributed by atoms with Crippen molar-refractivity contribution >= 4 is 11.7 Å². The van der Waals surface area contributed by atoms with E-state index in [-0.39, 0.29) is 6.61 Å². The van der Waals surface area contributed by atoms with E-state index in [9.17, 15) is 4.79 Å². The monoisotopic (exact) mass is 410 g/mol. The lowest BCUT2D eigenvalue weighted by Gasteiger charge is -2.24. The third-order valence-electron chi connectivity index (χ3n) is 4.76. The van der Waals surface area contributed by atoms with Crippen LogP contribution in [0.25, 0.3) is 11.3 Å². The van der Waals surface area contributed by atoms with Gasteiger partial charge in [-0.15, -0.1) is 0 Å². The maximum Gasteiger partial charge on any atom is 0.352 e. The molecule has 0 spiro atoms. The smallest absolute Gasteiger partial charge is 0.352 e. The van der Waals surface area contributed by atoms with Gasteiger partial charge in [0.2, 0.25) is 0 Å². The molecule has 158 valence electrons. The highest BCUT2D eigenvalue weighted by atomic mass is 16.5. The van der Waals surface area contributed by atoms with Crippen LogP contribution in [0.1, 0.15) is 16.7 Å². The van der Waals surface area contributed by atoms with E-state index in [4.69, 9.17) is 21.2 Å². The molecule has 2 amide bonds. The van der Waals surface area contributed by atoms with Gasteiger partial charge in [0.1, 0.15) is 18.1 Å². The number of aromatic nitrogens is 2. The molecule has 3 rings (SSSR count). The van der Waals surface area contributed by atoms with Gasteiger partial charge in [-0.05, 0) is 55.3 Å². The highest BCUT2D eigenvalue weighted by Gasteiger charge is 2.21. The van der Waals surface area contributed by atoms with Crippen LogP contribution in [0.3, 0.4) is 0 Å². The highest BCUT2D eigenvalue weighted by molar-refractivity contribution is 5.91. The predicted octanol–water partition coefficient (Wildman–Crippen LogP) is 2.89. The van der Waals surface area contributed by atoms with Crippen LogP contribution < -0.4 is 26.2 Å². The van der Waals surface area contributed by atoms with Crippen molar-refractivity contribution in [3.05, 3.63) is 59.3 Å². The lowest BCUT2D eigenvalue weighted by Crippen LogP contribution is -2.49. The largest absolute Gasteiger partial charge is 0.496 e.